The molecule has 1 saturated carbocycles. The Labute approximate surface area is 168 Å². The second-order valence-electron chi connectivity index (χ2n) is 7.86. The molecule has 1 aromatic carbocycles. The first-order valence-electron chi connectivity index (χ1n) is 9.78. The van der Waals surface area contributed by atoms with Crippen molar-refractivity contribution >= 4 is 20.0 Å². The monoisotopic (exact) mass is 421 g/mol. The van der Waals surface area contributed by atoms with Crippen LogP contribution in [0.1, 0.15) is 37.8 Å². The quantitative estimate of drug-likeness (QED) is 0.554. The maximum absolute atomic E-state index is 14.8. The number of halogens is 3. The Kier molecular flexibility index (Phi) is 5.28. The van der Waals surface area contributed by atoms with Crippen molar-refractivity contribution in [1.82, 2.24) is 14.3 Å². The van der Waals surface area contributed by atoms with Gasteiger partial charge in [0.2, 0.25) is 0 Å². The highest BCUT2D eigenvalue weighted by Gasteiger charge is 2.30. The molecule has 2 aromatic heterocycles. The number of hydrogen-bond donors (Lipinski definition) is 0. The molecule has 3 aromatic rings. The van der Waals surface area contributed by atoms with Crippen LogP contribution < -0.4 is 5.56 Å². The van der Waals surface area contributed by atoms with Gasteiger partial charge in [0.15, 0.2) is 0 Å². The minimum Gasteiger partial charge on any atom is -0.315 e. The van der Waals surface area contributed by atoms with E-state index in [2.05, 4.69) is 5.10 Å². The summed E-state index contributed by atoms with van der Waals surface area (Å²) in [6, 6.07) is 5.64. The third-order valence-electron chi connectivity index (χ3n) is 5.74. The standard InChI is InChI=1S/C21H23F3N3OP/c1-26-19(21(23,24)29)11-18(25-26)16-9-14-7-8-27(12-13-5-3-2-4-6-13)20(28)15(14)10-17(16)22/h7-11,13H,2-6,12,29H2,1H3. The predicted molar refractivity (Wildman–Crippen MR) is 111 cm³/mol. The molecule has 4 rings (SSSR count). The summed E-state index contributed by atoms with van der Waals surface area (Å²) in [6.45, 7) is 0.644. The van der Waals surface area contributed by atoms with Crippen molar-refractivity contribution in [2.75, 3.05) is 0 Å². The Balaban J connectivity index is 1.73. The van der Waals surface area contributed by atoms with Gasteiger partial charge in [-0.05, 0) is 48.4 Å². The van der Waals surface area contributed by atoms with Crippen LogP contribution in [0, 0.1) is 11.7 Å². The summed E-state index contributed by atoms with van der Waals surface area (Å²) in [6.07, 6.45) is 7.58. The van der Waals surface area contributed by atoms with Crippen LogP contribution in [0.2, 0.25) is 0 Å². The van der Waals surface area contributed by atoms with Gasteiger partial charge in [-0.15, -0.1) is 0 Å². The number of nitrogens with zero attached hydrogens (tertiary/aromatic N) is 3. The van der Waals surface area contributed by atoms with Gasteiger partial charge in [-0.1, -0.05) is 28.5 Å². The summed E-state index contributed by atoms with van der Waals surface area (Å²) in [4.78, 5) is 12.9. The number of pyridine rings is 1. The maximum Gasteiger partial charge on any atom is 0.299 e. The minimum atomic E-state index is -3.17. The first-order chi connectivity index (χ1) is 13.7. The molecule has 0 amide bonds. The Bertz CT molecular complexity index is 1110. The molecule has 8 heteroatoms. The molecule has 0 radical (unpaired) electrons. The van der Waals surface area contributed by atoms with E-state index in [1.165, 1.54) is 53.7 Å². The molecule has 0 spiro atoms. The van der Waals surface area contributed by atoms with Crippen molar-refractivity contribution in [2.24, 2.45) is 13.0 Å². The Morgan fingerprint density at radius 2 is 1.93 bits per heavy atom. The van der Waals surface area contributed by atoms with Crippen LogP contribution in [0.4, 0.5) is 13.2 Å². The topological polar surface area (TPSA) is 39.8 Å². The zero-order valence-electron chi connectivity index (χ0n) is 16.2. The van der Waals surface area contributed by atoms with Crippen molar-refractivity contribution in [2.45, 2.75) is 44.3 Å². The van der Waals surface area contributed by atoms with Crippen LogP contribution in [-0.2, 0) is 19.3 Å². The summed E-state index contributed by atoms with van der Waals surface area (Å²) in [5.74, 6) is -0.176. The van der Waals surface area contributed by atoms with E-state index >= 15 is 0 Å². The van der Waals surface area contributed by atoms with Crippen LogP contribution in [-0.4, -0.2) is 14.3 Å². The smallest absolute Gasteiger partial charge is 0.299 e. The van der Waals surface area contributed by atoms with Gasteiger partial charge in [0.25, 0.3) is 11.2 Å². The first-order valence-corrected chi connectivity index (χ1v) is 10.4. The van der Waals surface area contributed by atoms with E-state index in [0.29, 0.717) is 17.8 Å². The Morgan fingerprint density at radius 3 is 2.59 bits per heavy atom. The summed E-state index contributed by atoms with van der Waals surface area (Å²) < 4.78 is 44.8. The van der Waals surface area contributed by atoms with Crippen LogP contribution in [0.25, 0.3) is 22.0 Å². The number of aryl methyl sites for hydroxylation is 1. The Hall–Kier alpha value is -2.14. The molecule has 2 heterocycles. The van der Waals surface area contributed by atoms with Crippen molar-refractivity contribution in [3.63, 3.8) is 0 Å². The lowest BCUT2D eigenvalue weighted by molar-refractivity contribution is 0.0938. The lowest BCUT2D eigenvalue weighted by Crippen LogP contribution is -2.24. The maximum atomic E-state index is 14.8. The fourth-order valence-electron chi connectivity index (χ4n) is 4.20. The average molecular weight is 421 g/mol. The molecule has 1 atom stereocenters. The summed E-state index contributed by atoms with van der Waals surface area (Å²) in [5.41, 5.74) is -3.52. The van der Waals surface area contributed by atoms with Gasteiger partial charge < -0.3 is 4.57 Å². The Morgan fingerprint density at radius 1 is 1.21 bits per heavy atom. The second-order valence-corrected chi connectivity index (χ2v) is 8.58. The zero-order valence-corrected chi connectivity index (χ0v) is 17.3. The van der Waals surface area contributed by atoms with Crippen molar-refractivity contribution in [1.29, 1.82) is 0 Å². The molecular formula is C21H23F3N3OP. The molecule has 1 aliphatic carbocycles. The molecule has 1 aliphatic rings. The van der Waals surface area contributed by atoms with Crippen molar-refractivity contribution in [3.8, 4) is 11.3 Å². The minimum absolute atomic E-state index is 0.0954. The lowest BCUT2D eigenvalue weighted by Gasteiger charge is -2.22. The van der Waals surface area contributed by atoms with Gasteiger partial charge in [-0.2, -0.15) is 13.9 Å². The van der Waals surface area contributed by atoms with E-state index in [9.17, 15) is 18.0 Å². The average Bonchev–Trinajstić information content (AvgIpc) is 3.07. The third-order valence-corrected chi connectivity index (χ3v) is 6.04. The number of alkyl halides is 2. The SMILES string of the molecule is Cn1nc(-c2cc3ccn(CC4CCCCC4)c(=O)c3cc2F)cc1C(F)(F)P. The molecule has 1 fully saturated rings. The fraction of sp³-hybridized carbons (Fsp3) is 0.429. The van der Waals surface area contributed by atoms with Crippen LogP contribution in [0.15, 0.2) is 35.3 Å². The van der Waals surface area contributed by atoms with Crippen molar-refractivity contribution in [3.05, 3.63) is 52.3 Å². The number of fused-ring (bicyclic) bond motifs is 1. The molecule has 1 unspecified atom stereocenters. The molecule has 154 valence electrons. The highest BCUT2D eigenvalue weighted by molar-refractivity contribution is 7.17. The van der Waals surface area contributed by atoms with Crippen LogP contribution in [0.5, 0.6) is 0 Å². The molecule has 0 N–H and O–H groups in total. The molecular weight excluding hydrogens is 398 g/mol. The number of benzene rings is 1. The molecule has 0 saturated heterocycles. The van der Waals surface area contributed by atoms with Crippen LogP contribution >= 0.6 is 9.24 Å². The van der Waals surface area contributed by atoms with Gasteiger partial charge in [0, 0.05) is 25.4 Å². The van der Waals surface area contributed by atoms with Crippen molar-refractivity contribution < 1.29 is 13.2 Å². The fourth-order valence-corrected chi connectivity index (χ4v) is 4.47. The summed E-state index contributed by atoms with van der Waals surface area (Å²) in [7, 11) is 2.85. The van der Waals surface area contributed by atoms with E-state index in [0.717, 1.165) is 17.5 Å². The molecule has 0 bridgehead atoms. The van der Waals surface area contributed by atoms with Gasteiger partial charge in [-0.25, -0.2) is 4.39 Å². The normalized spacial score (nSPS) is 15.9. The largest absolute Gasteiger partial charge is 0.315 e. The molecule has 4 nitrogen and oxygen atoms in total. The van der Waals surface area contributed by atoms with E-state index in [-0.39, 0.29) is 27.9 Å². The number of rotatable bonds is 4. The molecule has 29 heavy (non-hydrogen) atoms. The highest BCUT2D eigenvalue weighted by Crippen LogP contribution is 2.37. The molecule has 0 aliphatic heterocycles. The summed E-state index contributed by atoms with van der Waals surface area (Å²) >= 11 is 0. The van der Waals surface area contributed by atoms with E-state index in [4.69, 9.17) is 0 Å². The second kappa shape index (κ2) is 7.60. The van der Waals surface area contributed by atoms with E-state index in [1.54, 1.807) is 16.8 Å². The van der Waals surface area contributed by atoms with E-state index < -0.39 is 11.5 Å². The van der Waals surface area contributed by atoms with Crippen LogP contribution in [0.3, 0.4) is 0 Å². The van der Waals surface area contributed by atoms with Gasteiger partial charge in [0.05, 0.1) is 11.1 Å². The summed E-state index contributed by atoms with van der Waals surface area (Å²) in [5, 5.41) is 4.89. The highest BCUT2D eigenvalue weighted by atomic mass is 31.0. The lowest BCUT2D eigenvalue weighted by atomic mass is 9.89. The predicted octanol–water partition coefficient (Wildman–Crippen LogP) is 5.05. The van der Waals surface area contributed by atoms with Gasteiger partial charge in [-0.3, -0.25) is 9.48 Å². The van der Waals surface area contributed by atoms with Gasteiger partial charge in [0.1, 0.15) is 11.5 Å². The number of aromatic nitrogens is 3. The van der Waals surface area contributed by atoms with Gasteiger partial charge >= 0.3 is 0 Å². The first kappa shape index (κ1) is 20.1. The van der Waals surface area contributed by atoms with E-state index in [1.807, 2.05) is 0 Å². The zero-order chi connectivity index (χ0) is 20.8. The number of hydrogen-bond acceptors (Lipinski definition) is 2. The third kappa shape index (κ3) is 3.97.